The first-order valence-corrected chi connectivity index (χ1v) is 13.6. The van der Waals surface area contributed by atoms with E-state index in [1.165, 1.54) is 22.1 Å². The summed E-state index contributed by atoms with van der Waals surface area (Å²) in [6, 6.07) is 47.1. The lowest BCUT2D eigenvalue weighted by Crippen LogP contribution is -2.59. The van der Waals surface area contributed by atoms with Crippen molar-refractivity contribution in [2.45, 2.75) is 0 Å². The average Bonchev–Trinajstić information content (AvgIpc) is 3.39. The molecule has 0 bridgehead atoms. The molecule has 0 atom stereocenters. The van der Waals surface area contributed by atoms with Crippen LogP contribution in [0.15, 0.2) is 138 Å². The molecule has 0 aliphatic carbocycles. The van der Waals surface area contributed by atoms with E-state index in [0.717, 1.165) is 55.9 Å². The van der Waals surface area contributed by atoms with Gasteiger partial charge in [0.15, 0.2) is 0 Å². The van der Waals surface area contributed by atoms with Crippen LogP contribution in [0.1, 0.15) is 0 Å². The molecule has 3 nitrogen and oxygen atoms in total. The summed E-state index contributed by atoms with van der Waals surface area (Å²) in [5.41, 5.74) is 11.2. The third-order valence-electron chi connectivity index (χ3n) is 8.35. The highest BCUT2D eigenvalue weighted by atomic mass is 16.5. The van der Waals surface area contributed by atoms with Crippen molar-refractivity contribution in [3.05, 3.63) is 133 Å². The standard InChI is InChI=1S/C36H22BNO2/c1-5-14-29(24(10-1)23-20-21-26-25-11-2-7-17-32(25)39-35(26)22-23)38-30-15-6-3-12-27(30)37-28-13-4-8-18-33(28)40-34-19-9-16-31(38)36(34)37/h1-22H. The minimum absolute atomic E-state index is 0.114. The number of anilines is 3. The number of fused-ring (bicyclic) bond motifs is 7. The molecule has 1 aromatic heterocycles. The number of rotatable bonds is 2. The quantitative estimate of drug-likeness (QED) is 0.223. The van der Waals surface area contributed by atoms with Gasteiger partial charge in [0, 0.05) is 27.7 Å². The number of furan rings is 1. The Morgan fingerprint density at radius 3 is 2.15 bits per heavy atom. The average molecular weight is 511 g/mol. The summed E-state index contributed by atoms with van der Waals surface area (Å²) in [5, 5.41) is 2.28. The molecule has 40 heavy (non-hydrogen) atoms. The van der Waals surface area contributed by atoms with E-state index in [9.17, 15) is 0 Å². The summed E-state index contributed by atoms with van der Waals surface area (Å²) in [4.78, 5) is 2.40. The summed E-state index contributed by atoms with van der Waals surface area (Å²) in [6.45, 7) is 0.114. The zero-order valence-electron chi connectivity index (χ0n) is 21.5. The van der Waals surface area contributed by atoms with Gasteiger partial charge in [-0.05, 0) is 70.5 Å². The lowest BCUT2D eigenvalue weighted by molar-refractivity contribution is 0.487. The van der Waals surface area contributed by atoms with Crippen molar-refractivity contribution in [3.8, 4) is 22.6 Å². The van der Waals surface area contributed by atoms with E-state index in [4.69, 9.17) is 9.15 Å². The normalized spacial score (nSPS) is 13.1. The second-order valence-electron chi connectivity index (χ2n) is 10.5. The van der Waals surface area contributed by atoms with Gasteiger partial charge in [0.1, 0.15) is 22.7 Å². The molecule has 2 aliphatic heterocycles. The highest BCUT2D eigenvalue weighted by molar-refractivity contribution is 6.99. The molecule has 0 radical (unpaired) electrons. The molecular weight excluding hydrogens is 489 g/mol. The van der Waals surface area contributed by atoms with Crippen LogP contribution in [-0.2, 0) is 0 Å². The van der Waals surface area contributed by atoms with E-state index in [2.05, 4.69) is 120 Å². The highest BCUT2D eigenvalue weighted by Crippen LogP contribution is 2.44. The Hall–Kier alpha value is -5.22. The fraction of sp³-hybridized carbons (Fsp3) is 0. The predicted octanol–water partition coefficient (Wildman–Crippen LogP) is 7.66. The van der Waals surface area contributed by atoms with Crippen molar-refractivity contribution in [2.75, 3.05) is 4.90 Å². The van der Waals surface area contributed by atoms with E-state index in [1.54, 1.807) is 0 Å². The van der Waals surface area contributed by atoms with Crippen LogP contribution in [0.25, 0.3) is 33.1 Å². The van der Waals surface area contributed by atoms with Gasteiger partial charge in [-0.1, -0.05) is 84.9 Å². The lowest BCUT2D eigenvalue weighted by atomic mass is 9.34. The molecule has 0 fully saturated rings. The third kappa shape index (κ3) is 2.96. The predicted molar refractivity (Wildman–Crippen MR) is 165 cm³/mol. The maximum atomic E-state index is 6.48. The number of nitrogens with zero attached hydrogens (tertiary/aromatic N) is 1. The smallest absolute Gasteiger partial charge is 0.256 e. The summed E-state index contributed by atoms with van der Waals surface area (Å²) in [6.07, 6.45) is 0. The fourth-order valence-corrected chi connectivity index (χ4v) is 6.65. The summed E-state index contributed by atoms with van der Waals surface area (Å²) in [7, 11) is 0. The van der Waals surface area contributed by atoms with E-state index < -0.39 is 0 Å². The Labute approximate surface area is 232 Å². The largest absolute Gasteiger partial charge is 0.458 e. The molecule has 0 spiro atoms. The molecular formula is C36H22BNO2. The van der Waals surface area contributed by atoms with Crippen molar-refractivity contribution in [1.29, 1.82) is 0 Å². The number of benzene rings is 6. The van der Waals surface area contributed by atoms with Gasteiger partial charge in [-0.25, -0.2) is 0 Å². The van der Waals surface area contributed by atoms with E-state index >= 15 is 0 Å². The topological polar surface area (TPSA) is 25.6 Å². The van der Waals surface area contributed by atoms with Crippen LogP contribution >= 0.6 is 0 Å². The molecule has 7 aromatic rings. The first-order valence-electron chi connectivity index (χ1n) is 13.6. The summed E-state index contributed by atoms with van der Waals surface area (Å²) in [5.74, 6) is 1.85. The van der Waals surface area contributed by atoms with Crippen molar-refractivity contribution < 1.29 is 9.15 Å². The van der Waals surface area contributed by atoms with Gasteiger partial charge >= 0.3 is 0 Å². The number of para-hydroxylation sites is 4. The zero-order valence-corrected chi connectivity index (χ0v) is 21.5. The van der Waals surface area contributed by atoms with Gasteiger partial charge in [-0.2, -0.15) is 0 Å². The Bertz CT molecular complexity index is 2130. The van der Waals surface area contributed by atoms with Crippen LogP contribution in [0.3, 0.4) is 0 Å². The maximum absolute atomic E-state index is 6.48. The van der Waals surface area contributed by atoms with E-state index in [-0.39, 0.29) is 6.71 Å². The number of hydrogen-bond donors (Lipinski definition) is 0. The summed E-state index contributed by atoms with van der Waals surface area (Å²) < 4.78 is 12.7. The minimum atomic E-state index is 0.114. The number of ether oxygens (including phenoxy) is 1. The van der Waals surface area contributed by atoms with Crippen molar-refractivity contribution in [2.24, 2.45) is 0 Å². The molecule has 0 unspecified atom stereocenters. The third-order valence-corrected chi connectivity index (χ3v) is 8.35. The van der Waals surface area contributed by atoms with Gasteiger partial charge in [0.2, 0.25) is 0 Å². The highest BCUT2D eigenvalue weighted by Gasteiger charge is 2.41. The Kier molecular flexibility index (Phi) is 4.41. The van der Waals surface area contributed by atoms with Crippen LogP contribution in [0, 0.1) is 0 Å². The maximum Gasteiger partial charge on any atom is 0.256 e. The van der Waals surface area contributed by atoms with Gasteiger partial charge in [0.05, 0.1) is 5.69 Å². The molecule has 0 amide bonds. The minimum Gasteiger partial charge on any atom is -0.458 e. The SMILES string of the molecule is c1ccc2c(c1)Oc1cccc3c1B2c1ccccc1N3c1ccccc1-c1ccc2c(c1)oc1ccccc12. The van der Waals surface area contributed by atoms with Gasteiger partial charge in [0.25, 0.3) is 6.71 Å². The fourth-order valence-electron chi connectivity index (χ4n) is 6.65. The van der Waals surface area contributed by atoms with Crippen LogP contribution in [0.5, 0.6) is 11.5 Å². The second kappa shape index (κ2) is 8.14. The molecule has 0 N–H and O–H groups in total. The molecule has 186 valence electrons. The monoisotopic (exact) mass is 511 g/mol. The van der Waals surface area contributed by atoms with Crippen LogP contribution in [0.4, 0.5) is 17.1 Å². The second-order valence-corrected chi connectivity index (χ2v) is 10.5. The zero-order chi connectivity index (χ0) is 26.2. The van der Waals surface area contributed by atoms with Crippen molar-refractivity contribution >= 4 is 62.1 Å². The van der Waals surface area contributed by atoms with E-state index in [0.29, 0.717) is 0 Å². The van der Waals surface area contributed by atoms with Crippen LogP contribution < -0.4 is 26.0 Å². The van der Waals surface area contributed by atoms with Crippen molar-refractivity contribution in [3.63, 3.8) is 0 Å². The van der Waals surface area contributed by atoms with Gasteiger partial charge < -0.3 is 14.1 Å². The van der Waals surface area contributed by atoms with Crippen LogP contribution in [0.2, 0.25) is 0 Å². The first kappa shape index (κ1) is 21.7. The first-order chi connectivity index (χ1) is 19.8. The Morgan fingerprint density at radius 1 is 0.500 bits per heavy atom. The van der Waals surface area contributed by atoms with Crippen molar-refractivity contribution in [1.82, 2.24) is 0 Å². The molecule has 6 aromatic carbocycles. The van der Waals surface area contributed by atoms with Gasteiger partial charge in [-0.15, -0.1) is 0 Å². The molecule has 3 heterocycles. The Balaban J connectivity index is 1.28. The van der Waals surface area contributed by atoms with E-state index in [1.807, 2.05) is 18.2 Å². The molecule has 9 rings (SSSR count). The molecule has 2 aliphatic rings. The lowest BCUT2D eigenvalue weighted by Gasteiger charge is -2.40. The van der Waals surface area contributed by atoms with Gasteiger partial charge in [-0.3, -0.25) is 0 Å². The molecule has 0 saturated carbocycles. The molecule has 0 saturated heterocycles. The molecule has 4 heteroatoms. The van der Waals surface area contributed by atoms with Crippen LogP contribution in [-0.4, -0.2) is 6.71 Å². The Morgan fingerprint density at radius 2 is 1.20 bits per heavy atom. The summed E-state index contributed by atoms with van der Waals surface area (Å²) >= 11 is 0. The number of hydrogen-bond acceptors (Lipinski definition) is 3.